The van der Waals surface area contributed by atoms with Crippen LogP contribution in [0.25, 0.3) is 0 Å². The molecule has 2 heterocycles. The lowest BCUT2D eigenvalue weighted by molar-refractivity contribution is -0.124. The lowest BCUT2D eigenvalue weighted by Gasteiger charge is -2.33. The van der Waals surface area contributed by atoms with Crippen molar-refractivity contribution in [1.29, 1.82) is 0 Å². The molecule has 0 fully saturated rings. The Kier molecular flexibility index (Phi) is 4.02. The Morgan fingerprint density at radius 2 is 2.09 bits per heavy atom. The molecule has 1 aromatic rings. The Labute approximate surface area is 134 Å². The minimum Gasteiger partial charge on any atom is -0.454 e. The molecule has 0 spiro atoms. The molecule has 124 valence electrons. The molecular weight excluding hydrogens is 298 g/mol. The van der Waals surface area contributed by atoms with Gasteiger partial charge in [-0.05, 0) is 12.8 Å². The van der Waals surface area contributed by atoms with Gasteiger partial charge < -0.3 is 20.1 Å². The third-order valence-electron chi connectivity index (χ3n) is 3.80. The third-order valence-corrected chi connectivity index (χ3v) is 3.80. The van der Waals surface area contributed by atoms with Crippen LogP contribution in [0, 0.1) is 5.92 Å². The summed E-state index contributed by atoms with van der Waals surface area (Å²) in [7, 11) is 0. The number of carbonyl (C=O) groups is 2. The summed E-state index contributed by atoms with van der Waals surface area (Å²) in [5.41, 5.74) is 1.40. The van der Waals surface area contributed by atoms with Crippen molar-refractivity contribution >= 4 is 23.2 Å². The Morgan fingerprint density at radius 1 is 1.39 bits per heavy atom. The molecule has 2 aliphatic heterocycles. The largest absolute Gasteiger partial charge is 0.454 e. The van der Waals surface area contributed by atoms with Crippen LogP contribution in [0.15, 0.2) is 12.1 Å². The lowest BCUT2D eigenvalue weighted by atomic mass is 10.1. The Hall–Kier alpha value is -2.44. The monoisotopic (exact) mass is 319 g/mol. The highest BCUT2D eigenvalue weighted by atomic mass is 16.7. The van der Waals surface area contributed by atoms with Crippen LogP contribution in [0.2, 0.25) is 0 Å². The number of hydrogen-bond donors (Lipinski definition) is 2. The van der Waals surface area contributed by atoms with Crippen molar-refractivity contribution in [3.63, 3.8) is 0 Å². The first-order valence-corrected chi connectivity index (χ1v) is 7.74. The van der Waals surface area contributed by atoms with Gasteiger partial charge in [0.2, 0.25) is 18.6 Å². The highest BCUT2D eigenvalue weighted by Crippen LogP contribution is 2.43. The molecule has 0 saturated heterocycles. The van der Waals surface area contributed by atoms with Crippen LogP contribution >= 0.6 is 0 Å². The lowest BCUT2D eigenvalue weighted by Crippen LogP contribution is -2.50. The first-order valence-electron chi connectivity index (χ1n) is 7.74. The van der Waals surface area contributed by atoms with Gasteiger partial charge in [0.15, 0.2) is 11.5 Å². The van der Waals surface area contributed by atoms with Crippen LogP contribution in [0.5, 0.6) is 11.5 Å². The number of benzene rings is 1. The Morgan fingerprint density at radius 3 is 2.78 bits per heavy atom. The summed E-state index contributed by atoms with van der Waals surface area (Å²) in [6, 6.07) is 3.14. The third kappa shape index (κ3) is 3.04. The van der Waals surface area contributed by atoms with Crippen LogP contribution < -0.4 is 25.0 Å². The summed E-state index contributed by atoms with van der Waals surface area (Å²) in [5.74, 6) is 1.26. The van der Waals surface area contributed by atoms with E-state index in [1.54, 1.807) is 19.1 Å². The van der Waals surface area contributed by atoms with Crippen LogP contribution in [0.4, 0.5) is 11.4 Å². The fraction of sp³-hybridized carbons (Fsp3) is 0.500. The zero-order chi connectivity index (χ0) is 16.6. The standard InChI is InChI=1S/C16H21N3O4/c1-9(2)6-17-15(20)7-19-12-5-14-13(22-8-23-14)4-11(12)18-10(3)16(19)21/h4-5,9-10,18H,6-8H2,1-3H3,(H,17,20). The zero-order valence-corrected chi connectivity index (χ0v) is 13.5. The molecule has 2 amide bonds. The van der Waals surface area contributed by atoms with E-state index in [0.717, 1.165) is 5.69 Å². The average molecular weight is 319 g/mol. The Bertz CT molecular complexity index is 644. The first-order chi connectivity index (χ1) is 11.0. The maximum Gasteiger partial charge on any atom is 0.249 e. The van der Waals surface area contributed by atoms with Crippen LogP contribution in [0.3, 0.4) is 0 Å². The van der Waals surface area contributed by atoms with Crippen molar-refractivity contribution in [3.8, 4) is 11.5 Å². The predicted molar refractivity (Wildman–Crippen MR) is 85.9 cm³/mol. The molecule has 0 radical (unpaired) electrons. The van der Waals surface area contributed by atoms with Crippen molar-refractivity contribution in [3.05, 3.63) is 12.1 Å². The molecule has 3 rings (SSSR count). The van der Waals surface area contributed by atoms with Crippen molar-refractivity contribution < 1.29 is 19.1 Å². The highest BCUT2D eigenvalue weighted by molar-refractivity contribution is 6.08. The van der Waals surface area contributed by atoms with E-state index in [4.69, 9.17) is 9.47 Å². The van der Waals surface area contributed by atoms with Crippen molar-refractivity contribution in [1.82, 2.24) is 5.32 Å². The van der Waals surface area contributed by atoms with Crippen LogP contribution in [-0.4, -0.2) is 37.7 Å². The molecule has 1 aromatic carbocycles. The van der Waals surface area contributed by atoms with E-state index in [1.165, 1.54) is 4.90 Å². The van der Waals surface area contributed by atoms with Gasteiger partial charge in [0.25, 0.3) is 0 Å². The Balaban J connectivity index is 1.85. The number of fused-ring (bicyclic) bond motifs is 2. The summed E-state index contributed by atoms with van der Waals surface area (Å²) < 4.78 is 10.7. The number of anilines is 2. The van der Waals surface area contributed by atoms with Gasteiger partial charge in [-0.2, -0.15) is 0 Å². The molecule has 2 N–H and O–H groups in total. The van der Waals surface area contributed by atoms with Gasteiger partial charge in [0.1, 0.15) is 12.6 Å². The summed E-state index contributed by atoms with van der Waals surface area (Å²) >= 11 is 0. The molecule has 2 aliphatic rings. The van der Waals surface area contributed by atoms with Crippen molar-refractivity contribution in [2.75, 3.05) is 30.1 Å². The van der Waals surface area contributed by atoms with Crippen LogP contribution in [-0.2, 0) is 9.59 Å². The number of nitrogens with one attached hydrogen (secondary N) is 2. The predicted octanol–water partition coefficient (Wildman–Crippen LogP) is 1.33. The topological polar surface area (TPSA) is 79.9 Å². The summed E-state index contributed by atoms with van der Waals surface area (Å²) in [6.45, 7) is 6.56. The van der Waals surface area contributed by atoms with E-state index in [1.807, 2.05) is 13.8 Å². The summed E-state index contributed by atoms with van der Waals surface area (Å²) in [5, 5.41) is 5.97. The summed E-state index contributed by atoms with van der Waals surface area (Å²) in [4.78, 5) is 26.1. The van der Waals surface area contributed by atoms with E-state index in [2.05, 4.69) is 10.6 Å². The van der Waals surface area contributed by atoms with E-state index in [-0.39, 0.29) is 25.2 Å². The maximum atomic E-state index is 12.5. The molecule has 0 saturated carbocycles. The highest BCUT2D eigenvalue weighted by Gasteiger charge is 2.33. The molecule has 1 unspecified atom stereocenters. The molecule has 1 atom stereocenters. The number of hydrogen-bond acceptors (Lipinski definition) is 5. The van der Waals surface area contributed by atoms with Gasteiger partial charge in [-0.3, -0.25) is 14.5 Å². The summed E-state index contributed by atoms with van der Waals surface area (Å²) in [6.07, 6.45) is 0. The van der Waals surface area contributed by atoms with E-state index < -0.39 is 6.04 Å². The second-order valence-corrected chi connectivity index (χ2v) is 6.21. The second kappa shape index (κ2) is 5.98. The molecule has 23 heavy (non-hydrogen) atoms. The average Bonchev–Trinajstić information content (AvgIpc) is 2.95. The fourth-order valence-electron chi connectivity index (χ4n) is 2.60. The first kappa shape index (κ1) is 15.5. The minimum absolute atomic E-state index is 0.00971. The van der Waals surface area contributed by atoms with Crippen molar-refractivity contribution in [2.24, 2.45) is 5.92 Å². The van der Waals surface area contributed by atoms with Gasteiger partial charge in [-0.15, -0.1) is 0 Å². The minimum atomic E-state index is -0.402. The van der Waals surface area contributed by atoms with E-state index in [9.17, 15) is 9.59 Å². The van der Waals surface area contributed by atoms with Gasteiger partial charge in [0, 0.05) is 18.7 Å². The SMILES string of the molecule is CC(C)CNC(=O)CN1C(=O)C(C)Nc2cc3c(cc21)OCO3. The number of carbonyl (C=O) groups excluding carboxylic acids is 2. The normalized spacial score (nSPS) is 18.7. The van der Waals surface area contributed by atoms with E-state index >= 15 is 0 Å². The number of rotatable bonds is 4. The molecule has 0 bridgehead atoms. The van der Waals surface area contributed by atoms with Gasteiger partial charge in [-0.1, -0.05) is 13.8 Å². The molecule has 7 nitrogen and oxygen atoms in total. The molecular formula is C16H21N3O4. The molecule has 7 heteroatoms. The number of ether oxygens (including phenoxy) is 2. The number of amides is 2. The zero-order valence-electron chi connectivity index (χ0n) is 13.5. The van der Waals surface area contributed by atoms with Crippen LogP contribution in [0.1, 0.15) is 20.8 Å². The molecule has 0 aromatic heterocycles. The maximum absolute atomic E-state index is 12.5. The van der Waals surface area contributed by atoms with Gasteiger partial charge in [0.05, 0.1) is 11.4 Å². The fourth-order valence-corrected chi connectivity index (χ4v) is 2.60. The van der Waals surface area contributed by atoms with Gasteiger partial charge >= 0.3 is 0 Å². The number of nitrogens with zero attached hydrogens (tertiary/aromatic N) is 1. The van der Waals surface area contributed by atoms with E-state index in [0.29, 0.717) is 29.6 Å². The van der Waals surface area contributed by atoms with Gasteiger partial charge in [-0.25, -0.2) is 0 Å². The quantitative estimate of drug-likeness (QED) is 0.875. The molecule has 0 aliphatic carbocycles. The smallest absolute Gasteiger partial charge is 0.249 e. The van der Waals surface area contributed by atoms with Crippen molar-refractivity contribution in [2.45, 2.75) is 26.8 Å². The second-order valence-electron chi connectivity index (χ2n) is 6.21.